The van der Waals surface area contributed by atoms with Gasteiger partial charge in [-0.1, -0.05) is 26.0 Å². The molecule has 1 aromatic heterocycles. The van der Waals surface area contributed by atoms with Crippen LogP contribution in [0, 0.1) is 18.8 Å². The predicted octanol–water partition coefficient (Wildman–Crippen LogP) is 3.66. The second-order valence-corrected chi connectivity index (χ2v) is 8.96. The molecule has 0 unspecified atom stereocenters. The molecule has 1 aliphatic heterocycles. The number of amides is 1. The first-order chi connectivity index (χ1) is 15.0. The molecule has 1 saturated heterocycles. The summed E-state index contributed by atoms with van der Waals surface area (Å²) in [6, 6.07) is 5.81. The number of likely N-dealkylation sites (tertiary alicyclic amines) is 1. The first kappa shape index (κ1) is 24.0. The summed E-state index contributed by atoms with van der Waals surface area (Å²) >= 11 is 0. The van der Waals surface area contributed by atoms with Crippen LogP contribution in [0.15, 0.2) is 35.1 Å². The Balaban J connectivity index is 1.83. The van der Waals surface area contributed by atoms with Gasteiger partial charge in [-0.3, -0.25) is 9.59 Å². The number of aromatic nitrogens is 2. The Morgan fingerprint density at radius 1 is 1.22 bits per heavy atom. The lowest BCUT2D eigenvalue weighted by Gasteiger charge is -2.36. The average Bonchev–Trinajstić information content (AvgIpc) is 2.66. The highest BCUT2D eigenvalue weighted by molar-refractivity contribution is 5.92. The van der Waals surface area contributed by atoms with Crippen molar-refractivity contribution in [3.05, 3.63) is 57.5 Å². The van der Waals surface area contributed by atoms with Gasteiger partial charge in [-0.25, -0.2) is 4.68 Å². The summed E-state index contributed by atoms with van der Waals surface area (Å²) in [6.07, 6.45) is -3.43. The Morgan fingerprint density at radius 3 is 2.47 bits per heavy atom. The van der Waals surface area contributed by atoms with E-state index in [1.807, 2.05) is 6.92 Å². The largest absolute Gasteiger partial charge is 0.418 e. The third kappa shape index (κ3) is 5.56. The molecule has 0 bridgehead atoms. The smallest absolute Gasteiger partial charge is 0.347 e. The fourth-order valence-electron chi connectivity index (χ4n) is 4.51. The summed E-state index contributed by atoms with van der Waals surface area (Å²) in [5, 5.41) is 6.80. The topological polar surface area (TPSA) is 67.2 Å². The molecule has 1 N–H and O–H groups in total. The highest BCUT2D eigenvalue weighted by atomic mass is 19.4. The average molecular weight is 451 g/mol. The lowest BCUT2D eigenvalue weighted by Crippen LogP contribution is -2.47. The van der Waals surface area contributed by atoms with Gasteiger partial charge in [0.25, 0.3) is 5.91 Å². The van der Waals surface area contributed by atoms with E-state index in [9.17, 15) is 22.8 Å². The fourth-order valence-corrected chi connectivity index (χ4v) is 4.51. The van der Waals surface area contributed by atoms with Crippen molar-refractivity contribution < 1.29 is 18.0 Å². The molecule has 32 heavy (non-hydrogen) atoms. The minimum atomic E-state index is -4.60. The van der Waals surface area contributed by atoms with Crippen LogP contribution in [-0.4, -0.2) is 46.3 Å². The molecule has 1 aromatic carbocycles. The molecule has 0 spiro atoms. The van der Waals surface area contributed by atoms with E-state index >= 15 is 0 Å². The van der Waals surface area contributed by atoms with E-state index in [-0.39, 0.29) is 17.4 Å². The van der Waals surface area contributed by atoms with Gasteiger partial charge in [-0.15, -0.1) is 0 Å². The van der Waals surface area contributed by atoms with E-state index in [2.05, 4.69) is 29.2 Å². The number of aryl methyl sites for hydroxylation is 1. The van der Waals surface area contributed by atoms with Crippen molar-refractivity contribution in [3.63, 3.8) is 0 Å². The van der Waals surface area contributed by atoms with Crippen molar-refractivity contribution in [2.24, 2.45) is 11.8 Å². The molecule has 1 amide bonds. The monoisotopic (exact) mass is 450 g/mol. The van der Waals surface area contributed by atoms with Crippen LogP contribution >= 0.6 is 0 Å². The van der Waals surface area contributed by atoms with Crippen LogP contribution in [0.1, 0.15) is 48.9 Å². The quantitative estimate of drug-likeness (QED) is 0.755. The summed E-state index contributed by atoms with van der Waals surface area (Å²) in [6.45, 7) is 10.2. The molecular weight excluding hydrogens is 421 g/mol. The number of carbonyl (C=O) groups excluding carboxylic acids is 1. The number of hydrogen-bond acceptors (Lipinski definition) is 4. The van der Waals surface area contributed by atoms with Crippen molar-refractivity contribution >= 4 is 5.91 Å². The molecule has 2 heterocycles. The molecule has 3 atom stereocenters. The standard InChI is InChI=1S/C23H29F3N4O2/c1-14-9-15(2)12-29(11-14)13-16(3)27-22(32)21-20(31)10-17(4)30(28-21)19-8-6-5-7-18(19)23(24,25)26/h5-8,10,14-16H,9,11-13H2,1-4H3,(H,27,32)/t14-,15-,16-/m1/s1. The van der Waals surface area contributed by atoms with Gasteiger partial charge in [0.15, 0.2) is 5.69 Å². The first-order valence-corrected chi connectivity index (χ1v) is 10.8. The SMILES string of the molecule is Cc1cc(=O)c(C(=O)N[C@H](C)CN2C[C@H](C)C[C@@H](C)C2)nn1-c1ccccc1C(F)(F)F. The molecule has 1 fully saturated rings. The van der Waals surface area contributed by atoms with Gasteiger partial charge in [0.1, 0.15) is 0 Å². The second-order valence-electron chi connectivity index (χ2n) is 8.96. The third-order valence-corrected chi connectivity index (χ3v) is 5.61. The number of nitrogens with zero attached hydrogens (tertiary/aromatic N) is 3. The van der Waals surface area contributed by atoms with Crippen molar-refractivity contribution in [2.45, 2.75) is 46.3 Å². The van der Waals surface area contributed by atoms with E-state index in [1.54, 1.807) is 0 Å². The molecule has 1 aliphatic rings. The summed E-state index contributed by atoms with van der Waals surface area (Å²) in [5.74, 6) is 0.446. The number of benzene rings is 1. The third-order valence-electron chi connectivity index (χ3n) is 5.61. The molecule has 2 aromatic rings. The molecule has 9 heteroatoms. The lowest BCUT2D eigenvalue weighted by atomic mass is 9.92. The van der Waals surface area contributed by atoms with Gasteiger partial charge in [0.05, 0.1) is 11.3 Å². The Morgan fingerprint density at radius 2 is 1.84 bits per heavy atom. The molecule has 0 radical (unpaired) electrons. The van der Waals surface area contributed by atoms with E-state index in [1.165, 1.54) is 31.5 Å². The summed E-state index contributed by atoms with van der Waals surface area (Å²) in [4.78, 5) is 27.5. The molecule has 0 aliphatic carbocycles. The van der Waals surface area contributed by atoms with E-state index in [0.29, 0.717) is 18.4 Å². The lowest BCUT2D eigenvalue weighted by molar-refractivity contribution is -0.137. The number of alkyl halides is 3. The van der Waals surface area contributed by atoms with Crippen LogP contribution in [0.4, 0.5) is 13.2 Å². The Kier molecular flexibility index (Phi) is 7.07. The van der Waals surface area contributed by atoms with E-state index in [4.69, 9.17) is 0 Å². The zero-order valence-electron chi connectivity index (χ0n) is 18.7. The van der Waals surface area contributed by atoms with Crippen LogP contribution in [0.3, 0.4) is 0 Å². The van der Waals surface area contributed by atoms with Gasteiger partial charge < -0.3 is 10.2 Å². The maximum Gasteiger partial charge on any atom is 0.418 e. The Bertz CT molecular complexity index is 1020. The summed E-state index contributed by atoms with van der Waals surface area (Å²) in [5.41, 5.74) is -2.00. The van der Waals surface area contributed by atoms with Crippen LogP contribution in [-0.2, 0) is 6.18 Å². The molecule has 6 nitrogen and oxygen atoms in total. The number of rotatable bonds is 5. The number of carbonyl (C=O) groups is 1. The van der Waals surface area contributed by atoms with Crippen LogP contribution in [0.2, 0.25) is 0 Å². The second kappa shape index (κ2) is 9.44. The summed E-state index contributed by atoms with van der Waals surface area (Å²) in [7, 11) is 0. The highest BCUT2D eigenvalue weighted by Crippen LogP contribution is 2.33. The number of piperidine rings is 1. The molecule has 0 saturated carbocycles. The number of halogens is 3. The zero-order chi connectivity index (χ0) is 23.6. The maximum absolute atomic E-state index is 13.5. The number of para-hydroxylation sites is 1. The fraction of sp³-hybridized carbons (Fsp3) is 0.522. The van der Waals surface area contributed by atoms with Crippen molar-refractivity contribution in [1.29, 1.82) is 0 Å². The molecular formula is C23H29F3N4O2. The van der Waals surface area contributed by atoms with Crippen LogP contribution in [0.25, 0.3) is 5.69 Å². The van der Waals surface area contributed by atoms with Crippen molar-refractivity contribution in [3.8, 4) is 5.69 Å². The van der Waals surface area contributed by atoms with E-state index < -0.39 is 28.8 Å². The maximum atomic E-state index is 13.5. The Labute approximate surface area is 185 Å². The highest BCUT2D eigenvalue weighted by Gasteiger charge is 2.34. The van der Waals surface area contributed by atoms with E-state index in [0.717, 1.165) is 29.9 Å². The predicted molar refractivity (Wildman–Crippen MR) is 116 cm³/mol. The van der Waals surface area contributed by atoms with Crippen molar-refractivity contribution in [2.75, 3.05) is 19.6 Å². The normalized spacial score (nSPS) is 20.7. The van der Waals surface area contributed by atoms with Crippen LogP contribution in [0.5, 0.6) is 0 Å². The minimum Gasteiger partial charge on any atom is -0.347 e. The van der Waals surface area contributed by atoms with Crippen molar-refractivity contribution in [1.82, 2.24) is 20.0 Å². The Hall–Kier alpha value is -2.68. The zero-order valence-corrected chi connectivity index (χ0v) is 18.7. The minimum absolute atomic E-state index is 0.201. The first-order valence-electron chi connectivity index (χ1n) is 10.8. The van der Waals surface area contributed by atoms with Crippen LogP contribution < -0.4 is 10.7 Å². The van der Waals surface area contributed by atoms with Gasteiger partial charge >= 0.3 is 6.18 Å². The van der Waals surface area contributed by atoms with Gasteiger partial charge in [-0.2, -0.15) is 18.3 Å². The van der Waals surface area contributed by atoms with Gasteiger partial charge in [-0.05, 0) is 44.2 Å². The molecule has 3 rings (SSSR count). The number of hydrogen-bond donors (Lipinski definition) is 1. The van der Waals surface area contributed by atoms with Gasteiger partial charge in [0, 0.05) is 37.4 Å². The molecule has 174 valence electrons. The van der Waals surface area contributed by atoms with Gasteiger partial charge in [0.2, 0.25) is 5.43 Å². The summed E-state index contributed by atoms with van der Waals surface area (Å²) < 4.78 is 41.4. The number of nitrogens with one attached hydrogen (secondary N) is 1.